The average molecular weight is 400 g/mol. The first-order valence-electron chi connectivity index (χ1n) is 8.54. The SMILES string of the molecule is COc1ccc(-n2nnnc2SCC(O)COc2ccc(C(C)=O)cc2)cc1. The van der Waals surface area contributed by atoms with E-state index in [0.29, 0.717) is 22.2 Å². The van der Waals surface area contributed by atoms with Gasteiger partial charge in [0, 0.05) is 11.3 Å². The molecule has 1 atom stereocenters. The van der Waals surface area contributed by atoms with Gasteiger partial charge in [0.1, 0.15) is 18.1 Å². The summed E-state index contributed by atoms with van der Waals surface area (Å²) in [5.74, 6) is 1.70. The van der Waals surface area contributed by atoms with Gasteiger partial charge in [0.2, 0.25) is 5.16 Å². The summed E-state index contributed by atoms with van der Waals surface area (Å²) in [5, 5.41) is 22.4. The van der Waals surface area contributed by atoms with Crippen molar-refractivity contribution in [2.24, 2.45) is 0 Å². The van der Waals surface area contributed by atoms with E-state index >= 15 is 0 Å². The number of aliphatic hydroxyl groups excluding tert-OH is 1. The second kappa shape index (κ2) is 9.34. The van der Waals surface area contributed by atoms with Crippen LogP contribution < -0.4 is 9.47 Å². The molecule has 1 heterocycles. The third-order valence-corrected chi connectivity index (χ3v) is 4.93. The van der Waals surface area contributed by atoms with Crippen LogP contribution in [0.4, 0.5) is 0 Å². The topological polar surface area (TPSA) is 99.4 Å². The van der Waals surface area contributed by atoms with Crippen molar-refractivity contribution in [3.8, 4) is 17.2 Å². The van der Waals surface area contributed by atoms with Crippen LogP contribution in [-0.4, -0.2) is 56.7 Å². The molecule has 0 aliphatic rings. The molecule has 3 rings (SSSR count). The zero-order valence-electron chi connectivity index (χ0n) is 15.5. The lowest BCUT2D eigenvalue weighted by Gasteiger charge is -2.12. The molecule has 0 saturated carbocycles. The van der Waals surface area contributed by atoms with Crippen molar-refractivity contribution in [1.29, 1.82) is 0 Å². The van der Waals surface area contributed by atoms with Gasteiger partial charge in [-0.15, -0.1) is 5.10 Å². The molecule has 8 nitrogen and oxygen atoms in total. The summed E-state index contributed by atoms with van der Waals surface area (Å²) >= 11 is 1.33. The Morgan fingerprint density at radius 2 is 1.82 bits per heavy atom. The number of thioether (sulfide) groups is 1. The van der Waals surface area contributed by atoms with Gasteiger partial charge in [-0.2, -0.15) is 4.68 Å². The van der Waals surface area contributed by atoms with Crippen molar-refractivity contribution < 1.29 is 19.4 Å². The first-order valence-corrected chi connectivity index (χ1v) is 9.53. The molecular formula is C19H20N4O4S. The number of Topliss-reactive ketones (excluding diaryl/α,β-unsaturated/α-hetero) is 1. The van der Waals surface area contributed by atoms with Gasteiger partial charge >= 0.3 is 0 Å². The fraction of sp³-hybridized carbons (Fsp3) is 0.263. The Bertz CT molecular complexity index is 912. The summed E-state index contributed by atoms with van der Waals surface area (Å²) in [4.78, 5) is 11.3. The maximum absolute atomic E-state index is 11.3. The van der Waals surface area contributed by atoms with E-state index in [0.717, 1.165) is 11.4 Å². The van der Waals surface area contributed by atoms with E-state index in [9.17, 15) is 9.90 Å². The molecule has 0 aliphatic heterocycles. The van der Waals surface area contributed by atoms with Crippen LogP contribution in [0.5, 0.6) is 11.5 Å². The Hall–Kier alpha value is -2.91. The predicted molar refractivity (Wildman–Crippen MR) is 104 cm³/mol. The summed E-state index contributed by atoms with van der Waals surface area (Å²) in [6.07, 6.45) is -0.710. The number of carbonyl (C=O) groups excluding carboxylic acids is 1. The molecule has 146 valence electrons. The second-order valence-electron chi connectivity index (χ2n) is 5.93. The number of benzene rings is 2. The van der Waals surface area contributed by atoms with E-state index in [2.05, 4.69) is 15.5 Å². The number of hydrogen-bond donors (Lipinski definition) is 1. The molecule has 0 radical (unpaired) electrons. The molecule has 3 aromatic rings. The fourth-order valence-electron chi connectivity index (χ4n) is 2.35. The van der Waals surface area contributed by atoms with Gasteiger partial charge in [-0.25, -0.2) is 0 Å². The van der Waals surface area contributed by atoms with E-state index in [-0.39, 0.29) is 12.4 Å². The lowest BCUT2D eigenvalue weighted by atomic mass is 10.1. The van der Waals surface area contributed by atoms with E-state index in [1.165, 1.54) is 18.7 Å². The molecule has 0 saturated heterocycles. The van der Waals surface area contributed by atoms with Gasteiger partial charge in [0.05, 0.1) is 18.9 Å². The minimum absolute atomic E-state index is 0.00225. The highest BCUT2D eigenvalue weighted by atomic mass is 32.2. The monoisotopic (exact) mass is 400 g/mol. The Morgan fingerprint density at radius 1 is 1.14 bits per heavy atom. The Kier molecular flexibility index (Phi) is 6.62. The fourth-order valence-corrected chi connectivity index (χ4v) is 3.15. The summed E-state index contributed by atoms with van der Waals surface area (Å²) in [5.41, 5.74) is 1.42. The van der Waals surface area contributed by atoms with Crippen LogP contribution in [0.25, 0.3) is 5.69 Å². The minimum atomic E-state index is -0.710. The Balaban J connectivity index is 1.52. The van der Waals surface area contributed by atoms with Crippen molar-refractivity contribution in [3.63, 3.8) is 0 Å². The summed E-state index contributed by atoms with van der Waals surface area (Å²) in [6.45, 7) is 1.63. The molecule has 1 aromatic heterocycles. The zero-order valence-corrected chi connectivity index (χ0v) is 16.3. The molecule has 0 aliphatic carbocycles. The normalized spacial score (nSPS) is 11.8. The number of nitrogens with zero attached hydrogens (tertiary/aromatic N) is 4. The highest BCUT2D eigenvalue weighted by Crippen LogP contribution is 2.21. The van der Waals surface area contributed by atoms with Gasteiger partial charge in [-0.05, 0) is 65.9 Å². The average Bonchev–Trinajstić information content (AvgIpc) is 3.19. The first kappa shape index (κ1) is 19.8. The van der Waals surface area contributed by atoms with E-state index in [1.807, 2.05) is 24.3 Å². The van der Waals surface area contributed by atoms with Crippen molar-refractivity contribution >= 4 is 17.5 Å². The predicted octanol–water partition coefficient (Wildman–Crippen LogP) is 2.41. The van der Waals surface area contributed by atoms with E-state index in [1.54, 1.807) is 36.1 Å². The number of hydrogen-bond acceptors (Lipinski definition) is 8. The number of tetrazole rings is 1. The van der Waals surface area contributed by atoms with Crippen molar-refractivity contribution in [2.45, 2.75) is 18.2 Å². The molecule has 0 amide bonds. The zero-order chi connectivity index (χ0) is 19.9. The minimum Gasteiger partial charge on any atom is -0.497 e. The number of rotatable bonds is 9. The smallest absolute Gasteiger partial charge is 0.214 e. The van der Waals surface area contributed by atoms with Gasteiger partial charge < -0.3 is 14.6 Å². The van der Waals surface area contributed by atoms with Crippen LogP contribution >= 0.6 is 11.8 Å². The molecule has 9 heteroatoms. The van der Waals surface area contributed by atoms with Gasteiger partial charge in [-0.3, -0.25) is 4.79 Å². The number of carbonyl (C=O) groups is 1. The lowest BCUT2D eigenvalue weighted by molar-refractivity contribution is 0.101. The quantitative estimate of drug-likeness (QED) is 0.432. The Labute approximate surface area is 166 Å². The van der Waals surface area contributed by atoms with Crippen LogP contribution in [0.15, 0.2) is 53.7 Å². The van der Waals surface area contributed by atoms with Crippen molar-refractivity contribution in [1.82, 2.24) is 20.2 Å². The second-order valence-corrected chi connectivity index (χ2v) is 6.91. The maximum Gasteiger partial charge on any atom is 0.214 e. The molecule has 2 aromatic carbocycles. The molecule has 0 fully saturated rings. The molecule has 1 N–H and O–H groups in total. The largest absolute Gasteiger partial charge is 0.497 e. The summed E-state index contributed by atoms with van der Waals surface area (Å²) in [6, 6.07) is 14.2. The van der Waals surface area contributed by atoms with Gasteiger partial charge in [0.15, 0.2) is 5.78 Å². The number of aliphatic hydroxyl groups is 1. The van der Waals surface area contributed by atoms with Crippen LogP contribution in [0.2, 0.25) is 0 Å². The number of methoxy groups -OCH3 is 1. The standard InChI is InChI=1S/C19H20N4O4S/c1-13(24)14-3-7-18(8-4-14)27-11-16(25)12-28-19-20-21-22-23(19)15-5-9-17(26-2)10-6-15/h3-10,16,25H,11-12H2,1-2H3. The van der Waals surface area contributed by atoms with E-state index < -0.39 is 6.10 Å². The summed E-state index contributed by atoms with van der Waals surface area (Å²) in [7, 11) is 1.61. The highest BCUT2D eigenvalue weighted by molar-refractivity contribution is 7.99. The van der Waals surface area contributed by atoms with E-state index in [4.69, 9.17) is 9.47 Å². The van der Waals surface area contributed by atoms with Crippen LogP contribution in [0, 0.1) is 0 Å². The van der Waals surface area contributed by atoms with Gasteiger partial charge in [0.25, 0.3) is 0 Å². The van der Waals surface area contributed by atoms with Crippen LogP contribution in [0.1, 0.15) is 17.3 Å². The number of ketones is 1. The van der Waals surface area contributed by atoms with Crippen molar-refractivity contribution in [2.75, 3.05) is 19.5 Å². The third kappa shape index (κ3) is 5.08. The maximum atomic E-state index is 11.3. The van der Waals surface area contributed by atoms with Gasteiger partial charge in [-0.1, -0.05) is 11.8 Å². The molecular weight excluding hydrogens is 380 g/mol. The van der Waals surface area contributed by atoms with Crippen molar-refractivity contribution in [3.05, 3.63) is 54.1 Å². The van der Waals surface area contributed by atoms with Crippen LogP contribution in [0.3, 0.4) is 0 Å². The molecule has 0 spiro atoms. The first-order chi connectivity index (χ1) is 13.6. The molecule has 0 bridgehead atoms. The summed E-state index contributed by atoms with van der Waals surface area (Å²) < 4.78 is 12.3. The highest BCUT2D eigenvalue weighted by Gasteiger charge is 2.13. The number of ether oxygens (including phenoxy) is 2. The van der Waals surface area contributed by atoms with Crippen LogP contribution in [-0.2, 0) is 0 Å². The lowest BCUT2D eigenvalue weighted by Crippen LogP contribution is -2.20. The molecule has 28 heavy (non-hydrogen) atoms. The third-order valence-electron chi connectivity index (χ3n) is 3.87. The number of aromatic nitrogens is 4. The molecule has 1 unspecified atom stereocenters. The Morgan fingerprint density at radius 3 is 2.46 bits per heavy atom.